The Morgan fingerprint density at radius 3 is 3.06 bits per heavy atom. The molecule has 0 saturated heterocycles. The van der Waals surface area contributed by atoms with Gasteiger partial charge in [0.2, 0.25) is 0 Å². The molecule has 0 bridgehead atoms. The van der Waals surface area contributed by atoms with Crippen molar-refractivity contribution in [2.24, 2.45) is 0 Å². The van der Waals surface area contributed by atoms with E-state index in [1.807, 2.05) is 18.2 Å². The molecular formula is C13H16N2O3. The van der Waals surface area contributed by atoms with Crippen LogP contribution in [-0.4, -0.2) is 31.8 Å². The molecule has 1 amide bonds. The van der Waals surface area contributed by atoms with Gasteiger partial charge in [-0.3, -0.25) is 4.79 Å². The Morgan fingerprint density at radius 1 is 1.44 bits per heavy atom. The molecule has 0 unspecified atom stereocenters. The van der Waals surface area contributed by atoms with Gasteiger partial charge < -0.3 is 20.1 Å². The summed E-state index contributed by atoms with van der Waals surface area (Å²) in [6.07, 6.45) is 2.43. The van der Waals surface area contributed by atoms with Crippen LogP contribution >= 0.6 is 0 Å². The first-order valence-electron chi connectivity index (χ1n) is 6.10. The molecule has 18 heavy (non-hydrogen) atoms. The summed E-state index contributed by atoms with van der Waals surface area (Å²) in [5.41, 5.74) is 1.73. The maximum atomic E-state index is 11.2. The Hall–Kier alpha value is -1.75. The molecule has 1 aromatic rings. The molecule has 0 aromatic heterocycles. The van der Waals surface area contributed by atoms with Crippen LogP contribution in [0.2, 0.25) is 0 Å². The fraction of sp³-hybridized carbons (Fsp3) is 0.462. The summed E-state index contributed by atoms with van der Waals surface area (Å²) in [6, 6.07) is 6.21. The van der Waals surface area contributed by atoms with E-state index in [0.29, 0.717) is 12.1 Å². The van der Waals surface area contributed by atoms with E-state index in [4.69, 9.17) is 9.47 Å². The van der Waals surface area contributed by atoms with Gasteiger partial charge in [-0.25, -0.2) is 0 Å². The molecule has 1 aliphatic heterocycles. The predicted octanol–water partition coefficient (Wildman–Crippen LogP) is 1.61. The Labute approximate surface area is 105 Å². The van der Waals surface area contributed by atoms with Gasteiger partial charge >= 0.3 is 0 Å². The van der Waals surface area contributed by atoms with E-state index >= 15 is 0 Å². The quantitative estimate of drug-likeness (QED) is 0.853. The molecule has 5 nitrogen and oxygen atoms in total. The highest BCUT2D eigenvalue weighted by atomic mass is 16.5. The van der Waals surface area contributed by atoms with Crippen LogP contribution in [0.3, 0.4) is 0 Å². The van der Waals surface area contributed by atoms with E-state index in [2.05, 4.69) is 10.6 Å². The standard InChI is InChI=1S/C13H16N2O3/c1-17-10-4-9(5-10)14-8-2-3-12-11(6-8)15-13(16)7-18-12/h2-3,6,9-10,14H,4-5,7H2,1H3,(H,15,16). The van der Waals surface area contributed by atoms with Gasteiger partial charge in [-0.1, -0.05) is 0 Å². The van der Waals surface area contributed by atoms with Crippen LogP contribution < -0.4 is 15.4 Å². The van der Waals surface area contributed by atoms with Gasteiger partial charge in [0, 0.05) is 18.8 Å². The molecule has 1 saturated carbocycles. The van der Waals surface area contributed by atoms with Crippen molar-refractivity contribution in [2.75, 3.05) is 24.4 Å². The van der Waals surface area contributed by atoms with Crippen molar-refractivity contribution in [2.45, 2.75) is 25.0 Å². The number of benzene rings is 1. The van der Waals surface area contributed by atoms with Gasteiger partial charge in [-0.2, -0.15) is 0 Å². The lowest BCUT2D eigenvalue weighted by Crippen LogP contribution is -2.40. The molecule has 0 atom stereocenters. The zero-order valence-electron chi connectivity index (χ0n) is 10.2. The summed E-state index contributed by atoms with van der Waals surface area (Å²) in [6.45, 7) is 0.0952. The minimum atomic E-state index is -0.109. The zero-order valence-corrected chi connectivity index (χ0v) is 10.2. The van der Waals surface area contributed by atoms with Crippen molar-refractivity contribution < 1.29 is 14.3 Å². The highest BCUT2D eigenvalue weighted by molar-refractivity contribution is 5.96. The topological polar surface area (TPSA) is 59.6 Å². The summed E-state index contributed by atoms with van der Waals surface area (Å²) in [4.78, 5) is 11.2. The van der Waals surface area contributed by atoms with Crippen LogP contribution in [0, 0.1) is 0 Å². The lowest BCUT2D eigenvalue weighted by molar-refractivity contribution is -0.118. The molecule has 1 heterocycles. The molecule has 0 spiro atoms. The Kier molecular flexibility index (Phi) is 2.83. The zero-order chi connectivity index (χ0) is 12.5. The average Bonchev–Trinajstić information content (AvgIpc) is 2.32. The number of carbonyl (C=O) groups is 1. The summed E-state index contributed by atoms with van der Waals surface area (Å²) in [5, 5.41) is 6.22. The molecule has 96 valence electrons. The number of rotatable bonds is 3. The van der Waals surface area contributed by atoms with Crippen LogP contribution in [-0.2, 0) is 9.53 Å². The van der Waals surface area contributed by atoms with E-state index in [-0.39, 0.29) is 12.5 Å². The van der Waals surface area contributed by atoms with Crippen LogP contribution in [0.25, 0.3) is 0 Å². The van der Waals surface area contributed by atoms with E-state index in [1.54, 1.807) is 7.11 Å². The number of nitrogens with one attached hydrogen (secondary N) is 2. The van der Waals surface area contributed by atoms with Crippen molar-refractivity contribution in [3.8, 4) is 5.75 Å². The molecular weight excluding hydrogens is 232 g/mol. The number of carbonyl (C=O) groups excluding carboxylic acids is 1. The second-order valence-corrected chi connectivity index (χ2v) is 4.72. The SMILES string of the molecule is COC1CC(Nc2ccc3c(c2)NC(=O)CO3)C1. The lowest BCUT2D eigenvalue weighted by Gasteiger charge is -2.35. The first-order chi connectivity index (χ1) is 8.74. The monoisotopic (exact) mass is 248 g/mol. The number of fused-ring (bicyclic) bond motifs is 1. The van der Waals surface area contributed by atoms with E-state index < -0.39 is 0 Å². The number of ether oxygens (including phenoxy) is 2. The third-order valence-corrected chi connectivity index (χ3v) is 3.41. The van der Waals surface area contributed by atoms with Crippen LogP contribution in [0.4, 0.5) is 11.4 Å². The highest BCUT2D eigenvalue weighted by Crippen LogP contribution is 2.32. The first kappa shape index (κ1) is 11.3. The summed E-state index contributed by atoms with van der Waals surface area (Å²) in [7, 11) is 1.74. The molecule has 5 heteroatoms. The number of methoxy groups -OCH3 is 1. The second kappa shape index (κ2) is 4.49. The van der Waals surface area contributed by atoms with Crippen molar-refractivity contribution in [1.82, 2.24) is 0 Å². The third kappa shape index (κ3) is 2.13. The molecule has 0 radical (unpaired) electrons. The van der Waals surface area contributed by atoms with Gasteiger partial charge in [-0.15, -0.1) is 0 Å². The van der Waals surface area contributed by atoms with Gasteiger partial charge in [0.15, 0.2) is 6.61 Å². The van der Waals surface area contributed by atoms with Crippen molar-refractivity contribution in [3.05, 3.63) is 18.2 Å². The summed E-state index contributed by atoms with van der Waals surface area (Å²) >= 11 is 0. The van der Waals surface area contributed by atoms with Gasteiger partial charge in [-0.05, 0) is 31.0 Å². The van der Waals surface area contributed by atoms with Gasteiger partial charge in [0.05, 0.1) is 11.8 Å². The summed E-state index contributed by atoms with van der Waals surface area (Å²) in [5.74, 6) is 0.617. The minimum absolute atomic E-state index is 0.0952. The maximum absolute atomic E-state index is 11.2. The molecule has 1 aromatic carbocycles. The first-order valence-corrected chi connectivity index (χ1v) is 6.10. The number of hydrogen-bond donors (Lipinski definition) is 2. The molecule has 2 N–H and O–H groups in total. The van der Waals surface area contributed by atoms with Crippen molar-refractivity contribution >= 4 is 17.3 Å². The second-order valence-electron chi connectivity index (χ2n) is 4.72. The molecule has 2 aliphatic rings. The minimum Gasteiger partial charge on any atom is -0.482 e. The number of amides is 1. The Balaban J connectivity index is 1.67. The van der Waals surface area contributed by atoms with Gasteiger partial charge in [0.25, 0.3) is 5.91 Å². The fourth-order valence-corrected chi connectivity index (χ4v) is 2.28. The van der Waals surface area contributed by atoms with E-state index in [9.17, 15) is 4.79 Å². The van der Waals surface area contributed by atoms with E-state index in [0.717, 1.165) is 30.0 Å². The summed E-state index contributed by atoms with van der Waals surface area (Å²) < 4.78 is 10.6. The third-order valence-electron chi connectivity index (χ3n) is 3.41. The lowest BCUT2D eigenvalue weighted by atomic mass is 9.89. The largest absolute Gasteiger partial charge is 0.482 e. The smallest absolute Gasteiger partial charge is 0.262 e. The predicted molar refractivity (Wildman–Crippen MR) is 68.0 cm³/mol. The highest BCUT2D eigenvalue weighted by Gasteiger charge is 2.29. The van der Waals surface area contributed by atoms with Crippen LogP contribution in [0.1, 0.15) is 12.8 Å². The number of hydrogen-bond acceptors (Lipinski definition) is 4. The molecule has 1 fully saturated rings. The number of anilines is 2. The van der Waals surface area contributed by atoms with Crippen LogP contribution in [0.15, 0.2) is 18.2 Å². The normalized spacial score (nSPS) is 25.5. The molecule has 3 rings (SSSR count). The van der Waals surface area contributed by atoms with Crippen molar-refractivity contribution in [3.63, 3.8) is 0 Å². The maximum Gasteiger partial charge on any atom is 0.262 e. The van der Waals surface area contributed by atoms with E-state index in [1.165, 1.54) is 0 Å². The van der Waals surface area contributed by atoms with Gasteiger partial charge in [0.1, 0.15) is 5.75 Å². The Morgan fingerprint density at radius 2 is 2.28 bits per heavy atom. The van der Waals surface area contributed by atoms with Crippen molar-refractivity contribution in [1.29, 1.82) is 0 Å². The Bertz CT molecular complexity index is 469. The molecule has 1 aliphatic carbocycles. The fourth-order valence-electron chi connectivity index (χ4n) is 2.28. The van der Waals surface area contributed by atoms with Crippen LogP contribution in [0.5, 0.6) is 5.75 Å². The average molecular weight is 248 g/mol.